The van der Waals surface area contributed by atoms with E-state index in [0.29, 0.717) is 41.9 Å². The van der Waals surface area contributed by atoms with Crippen LogP contribution in [0.2, 0.25) is 0 Å². The number of amides is 1. The van der Waals surface area contributed by atoms with Gasteiger partial charge in [0.2, 0.25) is 5.91 Å². The first kappa shape index (κ1) is 27.3. The van der Waals surface area contributed by atoms with Crippen molar-refractivity contribution in [2.45, 2.75) is 19.8 Å². The quantitative estimate of drug-likeness (QED) is 0.270. The van der Waals surface area contributed by atoms with Crippen LogP contribution in [0.4, 0.5) is 5.69 Å². The van der Waals surface area contributed by atoms with Crippen LogP contribution in [0.1, 0.15) is 21.6 Å². The van der Waals surface area contributed by atoms with Crippen LogP contribution in [-0.4, -0.2) is 64.7 Å². The van der Waals surface area contributed by atoms with Crippen molar-refractivity contribution in [2.24, 2.45) is 0 Å². The molecule has 2 aromatic heterocycles. The van der Waals surface area contributed by atoms with Crippen molar-refractivity contribution in [1.82, 2.24) is 14.5 Å². The Kier molecular flexibility index (Phi) is 7.74. The maximum atomic E-state index is 13.7. The molecule has 1 amide bonds. The van der Waals surface area contributed by atoms with Gasteiger partial charge in [-0.3, -0.25) is 4.79 Å². The van der Waals surface area contributed by atoms with Crippen molar-refractivity contribution in [3.8, 4) is 5.75 Å². The summed E-state index contributed by atoms with van der Waals surface area (Å²) in [6, 6.07) is 25.8. The summed E-state index contributed by atoms with van der Waals surface area (Å²) in [6.07, 6.45) is 1.54. The second kappa shape index (κ2) is 11.9. The third kappa shape index (κ3) is 5.26. The highest BCUT2D eigenvalue weighted by Gasteiger charge is 2.26. The molecule has 9 heteroatoms. The minimum Gasteiger partial charge on any atom is -0.488 e. The van der Waals surface area contributed by atoms with E-state index in [1.807, 2.05) is 76.2 Å². The molecule has 0 atom stereocenters. The van der Waals surface area contributed by atoms with Crippen molar-refractivity contribution in [2.75, 3.05) is 38.2 Å². The number of methoxy groups -OCH3 is 1. The van der Waals surface area contributed by atoms with E-state index in [9.17, 15) is 14.7 Å². The monoisotopic (exact) mass is 564 g/mol. The van der Waals surface area contributed by atoms with Gasteiger partial charge in [-0.25, -0.2) is 9.78 Å². The normalized spacial score (nSPS) is 13.5. The van der Waals surface area contributed by atoms with Crippen LogP contribution in [0, 0.1) is 0 Å². The molecule has 9 nitrogen and oxygen atoms in total. The lowest BCUT2D eigenvalue weighted by Crippen LogP contribution is -2.49. The number of anilines is 1. The SMILES string of the molecule is COCc1c(C(=O)O)ncc2c1c1c(OCc3ccccc3)cccc1n2CC(=O)N1CCN(c2ccccc2)CC1. The third-order valence-corrected chi connectivity index (χ3v) is 7.77. The number of nitrogens with zero attached hydrogens (tertiary/aromatic N) is 4. The van der Waals surface area contributed by atoms with E-state index in [1.165, 1.54) is 7.11 Å². The smallest absolute Gasteiger partial charge is 0.354 e. The maximum absolute atomic E-state index is 13.7. The molecule has 0 bridgehead atoms. The zero-order chi connectivity index (χ0) is 29.1. The van der Waals surface area contributed by atoms with Crippen LogP contribution in [0.25, 0.3) is 21.8 Å². The fourth-order valence-electron chi connectivity index (χ4n) is 5.73. The summed E-state index contributed by atoms with van der Waals surface area (Å²) >= 11 is 0. The zero-order valence-corrected chi connectivity index (χ0v) is 23.4. The Labute approximate surface area is 243 Å². The summed E-state index contributed by atoms with van der Waals surface area (Å²) in [6.45, 7) is 3.22. The first-order valence-corrected chi connectivity index (χ1v) is 13.9. The highest BCUT2D eigenvalue weighted by atomic mass is 16.5. The molecule has 0 saturated carbocycles. The topological polar surface area (TPSA) is 97.1 Å². The lowest BCUT2D eigenvalue weighted by molar-refractivity contribution is -0.132. The van der Waals surface area contributed by atoms with Gasteiger partial charge in [0.25, 0.3) is 0 Å². The average molecular weight is 565 g/mol. The van der Waals surface area contributed by atoms with Crippen LogP contribution in [0.15, 0.2) is 85.1 Å². The molecule has 3 heterocycles. The van der Waals surface area contributed by atoms with E-state index in [-0.39, 0.29) is 24.8 Å². The number of aromatic nitrogens is 2. The number of carbonyl (C=O) groups is 2. The molecule has 1 aliphatic rings. The van der Waals surface area contributed by atoms with Crippen molar-refractivity contribution < 1.29 is 24.2 Å². The van der Waals surface area contributed by atoms with E-state index >= 15 is 0 Å². The standard InChI is InChI=1S/C33H32N4O5/c1-41-22-25-30-27(19-34-32(25)33(39)40)37(20-29(38)36-17-15-35(16-18-36)24-11-6-3-7-12-24)26-13-8-14-28(31(26)30)42-21-23-9-4-2-5-10-23/h2-14,19H,15-18,20-22H2,1H3,(H,39,40). The van der Waals surface area contributed by atoms with Gasteiger partial charge in [0.15, 0.2) is 5.69 Å². The van der Waals surface area contributed by atoms with Gasteiger partial charge in [-0.15, -0.1) is 0 Å². The van der Waals surface area contributed by atoms with E-state index in [4.69, 9.17) is 9.47 Å². The van der Waals surface area contributed by atoms with Crippen molar-refractivity contribution >= 4 is 39.4 Å². The van der Waals surface area contributed by atoms with E-state index in [0.717, 1.165) is 35.2 Å². The predicted octanol–water partition coefficient (Wildman–Crippen LogP) is 4.96. The lowest BCUT2D eigenvalue weighted by atomic mass is 10.1. The number of hydrogen-bond acceptors (Lipinski definition) is 6. The Balaban J connectivity index is 1.38. The molecule has 0 unspecified atom stereocenters. The number of carboxylic acids is 1. The first-order valence-electron chi connectivity index (χ1n) is 13.9. The molecular weight excluding hydrogens is 532 g/mol. The number of aromatic carboxylic acids is 1. The van der Waals surface area contributed by atoms with Crippen molar-refractivity contribution in [3.63, 3.8) is 0 Å². The summed E-state index contributed by atoms with van der Waals surface area (Å²) in [7, 11) is 1.52. The van der Waals surface area contributed by atoms with Crippen LogP contribution in [0.5, 0.6) is 5.75 Å². The highest BCUT2D eigenvalue weighted by molar-refractivity contribution is 6.14. The van der Waals surface area contributed by atoms with Crippen LogP contribution >= 0.6 is 0 Å². The van der Waals surface area contributed by atoms with Crippen molar-refractivity contribution in [3.05, 3.63) is 102 Å². The predicted molar refractivity (Wildman–Crippen MR) is 161 cm³/mol. The van der Waals surface area contributed by atoms with Crippen LogP contribution in [-0.2, 0) is 29.3 Å². The maximum Gasteiger partial charge on any atom is 0.354 e. The molecule has 42 heavy (non-hydrogen) atoms. The van der Waals surface area contributed by atoms with E-state index in [1.54, 1.807) is 6.20 Å². The Morgan fingerprint density at radius 2 is 1.55 bits per heavy atom. The minimum atomic E-state index is -1.14. The molecule has 1 fully saturated rings. The fourth-order valence-corrected chi connectivity index (χ4v) is 5.73. The van der Waals surface area contributed by atoms with Gasteiger partial charge >= 0.3 is 5.97 Å². The largest absolute Gasteiger partial charge is 0.488 e. The van der Waals surface area contributed by atoms with Crippen molar-refractivity contribution in [1.29, 1.82) is 0 Å². The minimum absolute atomic E-state index is 0.00674. The molecule has 1 aliphatic heterocycles. The Hall–Kier alpha value is -4.89. The highest BCUT2D eigenvalue weighted by Crippen LogP contribution is 2.39. The zero-order valence-electron chi connectivity index (χ0n) is 23.4. The summed E-state index contributed by atoms with van der Waals surface area (Å²) in [5, 5.41) is 11.4. The summed E-state index contributed by atoms with van der Waals surface area (Å²) in [5.74, 6) is -0.545. The van der Waals surface area contributed by atoms with Gasteiger partial charge in [0.05, 0.1) is 29.2 Å². The first-order chi connectivity index (χ1) is 20.5. The number of carboxylic acid groups (broad SMARTS) is 1. The number of rotatable bonds is 9. The fraction of sp³-hybridized carbons (Fsp3) is 0.242. The average Bonchev–Trinajstić information content (AvgIpc) is 3.35. The Bertz CT molecular complexity index is 1730. The number of ether oxygens (including phenoxy) is 2. The number of fused-ring (bicyclic) bond motifs is 3. The number of benzene rings is 3. The number of para-hydroxylation sites is 1. The second-order valence-corrected chi connectivity index (χ2v) is 10.3. The van der Waals surface area contributed by atoms with Gasteiger partial charge in [0, 0.05) is 49.9 Å². The second-order valence-electron chi connectivity index (χ2n) is 10.3. The molecule has 0 aliphatic carbocycles. The van der Waals surface area contributed by atoms with Gasteiger partial charge in [-0.05, 0) is 29.8 Å². The van der Waals surface area contributed by atoms with Gasteiger partial charge in [-0.1, -0.05) is 54.6 Å². The number of carbonyl (C=O) groups excluding carboxylic acids is 1. The molecule has 3 aromatic carbocycles. The molecule has 1 N–H and O–H groups in total. The molecular formula is C33H32N4O5. The molecule has 0 radical (unpaired) electrons. The summed E-state index contributed by atoms with van der Waals surface area (Å²) < 4.78 is 13.7. The third-order valence-electron chi connectivity index (χ3n) is 7.77. The van der Waals surface area contributed by atoms with Crippen LogP contribution in [0.3, 0.4) is 0 Å². The molecule has 6 rings (SSSR count). The Morgan fingerprint density at radius 3 is 2.24 bits per heavy atom. The van der Waals surface area contributed by atoms with Crippen LogP contribution < -0.4 is 9.64 Å². The van der Waals surface area contributed by atoms with Gasteiger partial charge < -0.3 is 28.9 Å². The van der Waals surface area contributed by atoms with E-state index < -0.39 is 5.97 Å². The summed E-state index contributed by atoms with van der Waals surface area (Å²) in [5.41, 5.74) is 3.97. The van der Waals surface area contributed by atoms with E-state index in [2.05, 4.69) is 22.0 Å². The number of piperazine rings is 1. The summed E-state index contributed by atoms with van der Waals surface area (Å²) in [4.78, 5) is 34.3. The molecule has 1 saturated heterocycles. The lowest BCUT2D eigenvalue weighted by Gasteiger charge is -2.36. The molecule has 214 valence electrons. The number of hydrogen-bond donors (Lipinski definition) is 1. The molecule has 0 spiro atoms. The van der Waals surface area contributed by atoms with Gasteiger partial charge in [-0.2, -0.15) is 0 Å². The number of pyridine rings is 1. The van der Waals surface area contributed by atoms with Gasteiger partial charge in [0.1, 0.15) is 18.9 Å². The Morgan fingerprint density at radius 1 is 0.833 bits per heavy atom. The molecule has 5 aromatic rings.